The molecule has 0 spiro atoms. The third-order valence-corrected chi connectivity index (χ3v) is 9.20. The lowest BCUT2D eigenvalue weighted by Gasteiger charge is -2.27. The van der Waals surface area contributed by atoms with Gasteiger partial charge in [-0.1, -0.05) is 32.1 Å². The Balaban J connectivity index is 1.79. The van der Waals surface area contributed by atoms with Gasteiger partial charge in [0.1, 0.15) is 11.1 Å². The van der Waals surface area contributed by atoms with Crippen molar-refractivity contribution in [2.75, 3.05) is 23.0 Å². The highest BCUT2D eigenvalue weighted by Crippen LogP contribution is 2.41. The van der Waals surface area contributed by atoms with Gasteiger partial charge in [-0.05, 0) is 45.2 Å². The molecule has 44 heavy (non-hydrogen) atoms. The lowest BCUT2D eigenvalue weighted by Crippen LogP contribution is -2.44. The van der Waals surface area contributed by atoms with Gasteiger partial charge in [0.05, 0.1) is 10.6 Å². The van der Waals surface area contributed by atoms with E-state index in [-0.39, 0.29) is 12.3 Å². The summed E-state index contributed by atoms with van der Waals surface area (Å²) in [4.78, 5) is 37.7. The Labute approximate surface area is 249 Å². The van der Waals surface area contributed by atoms with Crippen molar-refractivity contribution < 1.29 is 53.8 Å². The number of unbranched alkanes of at least 4 members (excludes halogenated alkanes) is 6. The van der Waals surface area contributed by atoms with Crippen LogP contribution >= 0.6 is 0 Å². The Morgan fingerprint density at radius 3 is 1.93 bits per heavy atom. The second-order valence-electron chi connectivity index (χ2n) is 11.1. The molecule has 250 valence electrons. The van der Waals surface area contributed by atoms with Crippen LogP contribution < -0.4 is 4.90 Å². The summed E-state index contributed by atoms with van der Waals surface area (Å²) in [6.45, 7) is 2.99. The number of nitrogens with zero attached hydrogens (tertiary/aromatic N) is 3. The molecule has 1 N–H and O–H groups in total. The smallest absolute Gasteiger partial charge is 0.310 e. The topological polar surface area (TPSA) is 125 Å². The average Bonchev–Trinajstić information content (AvgIpc) is 3.04. The van der Waals surface area contributed by atoms with E-state index < -0.39 is 85.9 Å². The number of alkyl halides is 8. The molecule has 1 aliphatic rings. The first-order chi connectivity index (χ1) is 20.0. The molecule has 0 bridgehead atoms. The first kappa shape index (κ1) is 37.1. The number of hydrogen-bond donors (Lipinski definition) is 1. The number of urea groups is 1. The van der Waals surface area contributed by atoms with Crippen molar-refractivity contribution in [2.45, 2.75) is 95.4 Å². The zero-order valence-corrected chi connectivity index (χ0v) is 24.8. The molecule has 1 saturated heterocycles. The van der Waals surface area contributed by atoms with E-state index in [1.165, 1.54) is 18.7 Å². The van der Waals surface area contributed by atoms with Crippen molar-refractivity contribution in [1.29, 1.82) is 4.78 Å². The minimum absolute atomic E-state index is 0.111. The van der Waals surface area contributed by atoms with E-state index in [0.717, 1.165) is 6.07 Å². The molecule has 1 aromatic rings. The van der Waals surface area contributed by atoms with Crippen LogP contribution in [0.2, 0.25) is 0 Å². The van der Waals surface area contributed by atoms with Crippen molar-refractivity contribution >= 4 is 33.0 Å². The SMILES string of the molecule is CC1(C)C(=O)N(c2ccc([N+](=O)[O-])c(C(F)(F)F)c2)C(=O)N1CCCCCCCCCS(=N)(=O)CCCC(F)(F)C(F)(F)F. The van der Waals surface area contributed by atoms with Gasteiger partial charge >= 0.3 is 24.3 Å². The van der Waals surface area contributed by atoms with E-state index in [9.17, 15) is 59.0 Å². The van der Waals surface area contributed by atoms with Crippen LogP contribution in [-0.2, 0) is 20.7 Å². The maximum Gasteiger partial charge on any atom is 0.453 e. The van der Waals surface area contributed by atoms with Crippen LogP contribution in [0.5, 0.6) is 0 Å². The maximum absolute atomic E-state index is 13.4. The fourth-order valence-electron chi connectivity index (χ4n) is 4.75. The number of nitro benzene ring substituents is 1. The molecule has 1 atom stereocenters. The maximum atomic E-state index is 13.4. The summed E-state index contributed by atoms with van der Waals surface area (Å²) >= 11 is 0. The zero-order valence-electron chi connectivity index (χ0n) is 24.0. The monoisotopic (exact) mass is 666 g/mol. The molecular weight excluding hydrogens is 632 g/mol. The molecule has 0 saturated carbocycles. The average molecular weight is 667 g/mol. The summed E-state index contributed by atoms with van der Waals surface area (Å²) in [5.74, 6) is -6.33. The van der Waals surface area contributed by atoms with Gasteiger partial charge in [-0.15, -0.1) is 0 Å². The van der Waals surface area contributed by atoms with Gasteiger partial charge in [-0.2, -0.15) is 35.1 Å². The van der Waals surface area contributed by atoms with Crippen LogP contribution in [0.3, 0.4) is 0 Å². The van der Waals surface area contributed by atoms with E-state index in [1.807, 2.05) is 0 Å². The van der Waals surface area contributed by atoms with Crippen molar-refractivity contribution in [1.82, 2.24) is 4.90 Å². The van der Waals surface area contributed by atoms with Crippen LogP contribution in [0.4, 0.5) is 51.3 Å². The standard InChI is InChI=1S/C26H34F8N4O5S/c1-23(2)21(39)37(18-11-12-20(38(41)42)19(17-18)25(29,30)31)22(40)36(23)14-8-6-4-3-5-7-9-15-44(35,43)16-10-13-24(27,28)26(32,33)34/h11-12,17,35H,3-10,13-16H2,1-2H3. The van der Waals surface area contributed by atoms with E-state index in [4.69, 9.17) is 4.78 Å². The fourth-order valence-corrected chi connectivity index (χ4v) is 6.23. The third-order valence-electron chi connectivity index (χ3n) is 7.30. The summed E-state index contributed by atoms with van der Waals surface area (Å²) in [5, 5.41) is 11.0. The normalized spacial score (nSPS) is 17.3. The molecule has 1 fully saturated rings. The van der Waals surface area contributed by atoms with Crippen LogP contribution in [-0.4, -0.2) is 61.7 Å². The third kappa shape index (κ3) is 9.23. The predicted molar refractivity (Wildman–Crippen MR) is 145 cm³/mol. The van der Waals surface area contributed by atoms with Crippen molar-refractivity contribution in [3.63, 3.8) is 0 Å². The highest BCUT2D eigenvalue weighted by Gasteiger charge is 2.56. The Hall–Kier alpha value is -3.05. The number of anilines is 1. The molecule has 9 nitrogen and oxygen atoms in total. The number of imide groups is 1. The number of rotatable bonds is 16. The number of carbonyl (C=O) groups excluding carboxylic acids is 2. The van der Waals surface area contributed by atoms with Crippen molar-refractivity contribution in [3.8, 4) is 0 Å². The molecule has 1 aromatic carbocycles. The summed E-state index contributed by atoms with van der Waals surface area (Å²) < 4.78 is 123. The van der Waals surface area contributed by atoms with Crippen LogP contribution in [0, 0.1) is 14.9 Å². The molecule has 0 radical (unpaired) electrons. The Morgan fingerprint density at radius 2 is 1.41 bits per heavy atom. The largest absolute Gasteiger partial charge is 0.453 e. The minimum Gasteiger partial charge on any atom is -0.310 e. The van der Waals surface area contributed by atoms with Crippen LogP contribution in [0.25, 0.3) is 0 Å². The van der Waals surface area contributed by atoms with E-state index in [2.05, 4.69) is 0 Å². The molecular formula is C26H34F8N4O5S. The summed E-state index contributed by atoms with van der Waals surface area (Å²) in [6.07, 6.45) is -8.94. The summed E-state index contributed by atoms with van der Waals surface area (Å²) in [7, 11) is -3.28. The van der Waals surface area contributed by atoms with Gasteiger partial charge in [0.15, 0.2) is 0 Å². The zero-order chi connectivity index (χ0) is 33.7. The first-order valence-corrected chi connectivity index (χ1v) is 15.6. The molecule has 18 heteroatoms. The summed E-state index contributed by atoms with van der Waals surface area (Å²) in [6, 6.07) is 1.05. The van der Waals surface area contributed by atoms with Gasteiger partial charge in [-0.3, -0.25) is 19.7 Å². The van der Waals surface area contributed by atoms with Gasteiger partial charge in [0.2, 0.25) is 0 Å². The van der Waals surface area contributed by atoms with E-state index >= 15 is 0 Å². The highest BCUT2D eigenvalue weighted by molar-refractivity contribution is 7.92. The lowest BCUT2D eigenvalue weighted by molar-refractivity contribution is -0.388. The predicted octanol–water partition coefficient (Wildman–Crippen LogP) is 7.92. The van der Waals surface area contributed by atoms with Gasteiger partial charge in [0, 0.05) is 40.3 Å². The molecule has 1 aliphatic heterocycles. The second kappa shape index (κ2) is 13.9. The number of carbonyl (C=O) groups is 2. The van der Waals surface area contributed by atoms with E-state index in [0.29, 0.717) is 62.0 Å². The minimum atomic E-state index is -5.69. The number of amides is 3. The number of hydrogen-bond acceptors (Lipinski definition) is 6. The second-order valence-corrected chi connectivity index (χ2v) is 13.5. The molecule has 0 aromatic heterocycles. The molecule has 0 aliphatic carbocycles. The van der Waals surface area contributed by atoms with E-state index in [1.54, 1.807) is 0 Å². The van der Waals surface area contributed by atoms with Crippen molar-refractivity contribution in [2.24, 2.45) is 0 Å². The van der Waals surface area contributed by atoms with Gasteiger partial charge < -0.3 is 4.90 Å². The number of benzene rings is 1. The van der Waals surface area contributed by atoms with Crippen LogP contribution in [0.15, 0.2) is 18.2 Å². The molecule has 1 heterocycles. The summed E-state index contributed by atoms with van der Waals surface area (Å²) in [5.41, 5.74) is -4.63. The Kier molecular flexibility index (Phi) is 11.8. The fraction of sp³-hybridized carbons (Fsp3) is 0.692. The molecule has 1 unspecified atom stereocenters. The highest BCUT2D eigenvalue weighted by atomic mass is 32.2. The van der Waals surface area contributed by atoms with Crippen LogP contribution in [0.1, 0.15) is 77.2 Å². The quantitative estimate of drug-likeness (QED) is 0.0631. The lowest BCUT2D eigenvalue weighted by atomic mass is 10.0. The van der Waals surface area contributed by atoms with Gasteiger partial charge in [0.25, 0.3) is 11.6 Å². The Bertz CT molecular complexity index is 1320. The van der Waals surface area contributed by atoms with Crippen molar-refractivity contribution in [3.05, 3.63) is 33.9 Å². The number of nitrogens with one attached hydrogen (secondary N) is 1. The number of nitro groups is 1. The molecule has 3 amide bonds. The van der Waals surface area contributed by atoms with Gasteiger partial charge in [-0.25, -0.2) is 13.9 Å². The molecule has 2 rings (SSSR count). The Morgan fingerprint density at radius 1 is 0.886 bits per heavy atom. The number of halogens is 8. The first-order valence-electron chi connectivity index (χ1n) is 13.7.